The quantitative estimate of drug-likeness (QED) is 0.783. The van der Waals surface area contributed by atoms with Crippen molar-refractivity contribution in [2.75, 3.05) is 23.9 Å². The van der Waals surface area contributed by atoms with E-state index in [0.29, 0.717) is 22.6 Å². The molecule has 2 heterocycles. The van der Waals surface area contributed by atoms with Crippen molar-refractivity contribution in [2.24, 2.45) is 0 Å². The molecular formula is C19H15N3O3. The summed E-state index contributed by atoms with van der Waals surface area (Å²) in [5.74, 6) is 0.201. The topological polar surface area (TPSA) is 71.5 Å². The van der Waals surface area contributed by atoms with E-state index < -0.39 is 0 Å². The molecule has 3 aromatic rings. The lowest BCUT2D eigenvalue weighted by atomic mass is 10.1. The van der Waals surface area contributed by atoms with Crippen LogP contribution in [0, 0.1) is 0 Å². The first-order valence-electron chi connectivity index (χ1n) is 7.81. The molecule has 1 aliphatic rings. The fourth-order valence-corrected chi connectivity index (χ4v) is 2.90. The fourth-order valence-electron chi connectivity index (χ4n) is 2.90. The number of nitrogens with zero attached hydrogens (tertiary/aromatic N) is 2. The first-order chi connectivity index (χ1) is 12.2. The number of pyridine rings is 1. The summed E-state index contributed by atoms with van der Waals surface area (Å²) in [5, 5.41) is 3.65. The highest BCUT2D eigenvalue weighted by Crippen LogP contribution is 2.30. The monoisotopic (exact) mass is 333 g/mol. The molecule has 0 saturated carbocycles. The maximum absolute atomic E-state index is 12.9. The minimum Gasteiger partial charge on any atom is -0.497 e. The SMILES string of the molecule is COc1ccc2nc(C(=O)N3CC(=O)Nc4ccccc43)ccc2c1. The van der Waals surface area contributed by atoms with Crippen LogP contribution in [-0.4, -0.2) is 30.5 Å². The molecule has 1 aliphatic heterocycles. The van der Waals surface area contributed by atoms with Gasteiger partial charge in [0.2, 0.25) is 5.91 Å². The highest BCUT2D eigenvalue weighted by Gasteiger charge is 2.28. The summed E-state index contributed by atoms with van der Waals surface area (Å²) in [7, 11) is 1.60. The number of hydrogen-bond acceptors (Lipinski definition) is 4. The third-order valence-electron chi connectivity index (χ3n) is 4.13. The summed E-state index contributed by atoms with van der Waals surface area (Å²) in [5.41, 5.74) is 2.28. The van der Waals surface area contributed by atoms with Crippen molar-refractivity contribution in [3.05, 3.63) is 60.3 Å². The molecule has 0 atom stereocenters. The Morgan fingerprint density at radius 1 is 1.16 bits per heavy atom. The Bertz CT molecular complexity index is 1000. The second kappa shape index (κ2) is 5.90. The summed E-state index contributed by atoms with van der Waals surface area (Å²) in [6.07, 6.45) is 0. The molecule has 25 heavy (non-hydrogen) atoms. The molecule has 0 saturated heterocycles. The highest BCUT2D eigenvalue weighted by atomic mass is 16.5. The Hall–Kier alpha value is -3.41. The van der Waals surface area contributed by atoms with Crippen LogP contribution in [0.15, 0.2) is 54.6 Å². The summed E-state index contributed by atoms with van der Waals surface area (Å²) in [6.45, 7) is -0.0296. The maximum Gasteiger partial charge on any atom is 0.277 e. The van der Waals surface area contributed by atoms with E-state index in [-0.39, 0.29) is 18.4 Å². The van der Waals surface area contributed by atoms with Gasteiger partial charge in [0.25, 0.3) is 5.91 Å². The minimum atomic E-state index is -0.306. The van der Waals surface area contributed by atoms with Gasteiger partial charge in [0.05, 0.1) is 24.0 Å². The van der Waals surface area contributed by atoms with E-state index in [4.69, 9.17) is 4.74 Å². The molecule has 0 spiro atoms. The second-order valence-electron chi connectivity index (χ2n) is 5.71. The Balaban J connectivity index is 1.74. The zero-order chi connectivity index (χ0) is 17.4. The molecule has 0 fully saturated rings. The summed E-state index contributed by atoms with van der Waals surface area (Å²) in [4.78, 5) is 30.7. The maximum atomic E-state index is 12.9. The van der Waals surface area contributed by atoms with Gasteiger partial charge in [0, 0.05) is 5.39 Å². The molecule has 0 radical (unpaired) electrons. The molecule has 6 heteroatoms. The number of amides is 2. The predicted molar refractivity (Wildman–Crippen MR) is 95.0 cm³/mol. The molecule has 4 rings (SSSR count). The number of rotatable bonds is 2. The van der Waals surface area contributed by atoms with Crippen LogP contribution in [0.4, 0.5) is 11.4 Å². The van der Waals surface area contributed by atoms with Gasteiger partial charge in [0.15, 0.2) is 0 Å². The van der Waals surface area contributed by atoms with Gasteiger partial charge in [-0.15, -0.1) is 0 Å². The second-order valence-corrected chi connectivity index (χ2v) is 5.71. The van der Waals surface area contributed by atoms with Gasteiger partial charge in [-0.1, -0.05) is 18.2 Å². The van der Waals surface area contributed by atoms with E-state index in [0.717, 1.165) is 11.1 Å². The summed E-state index contributed by atoms with van der Waals surface area (Å²) < 4.78 is 5.20. The van der Waals surface area contributed by atoms with Gasteiger partial charge >= 0.3 is 0 Å². The number of anilines is 2. The third kappa shape index (κ3) is 2.67. The van der Waals surface area contributed by atoms with Crippen LogP contribution < -0.4 is 15.0 Å². The molecule has 6 nitrogen and oxygen atoms in total. The average Bonchev–Trinajstić information content (AvgIpc) is 2.65. The molecule has 2 amide bonds. The zero-order valence-corrected chi connectivity index (χ0v) is 13.5. The van der Waals surface area contributed by atoms with E-state index in [1.165, 1.54) is 4.90 Å². The molecule has 0 bridgehead atoms. The van der Waals surface area contributed by atoms with Crippen molar-refractivity contribution >= 4 is 34.1 Å². The van der Waals surface area contributed by atoms with Crippen LogP contribution >= 0.6 is 0 Å². The smallest absolute Gasteiger partial charge is 0.277 e. The Labute approximate surface area is 144 Å². The number of nitrogens with one attached hydrogen (secondary N) is 1. The number of carbonyl (C=O) groups excluding carboxylic acids is 2. The van der Waals surface area contributed by atoms with Gasteiger partial charge in [-0.3, -0.25) is 14.5 Å². The van der Waals surface area contributed by atoms with Crippen LogP contribution in [0.5, 0.6) is 5.75 Å². The zero-order valence-electron chi connectivity index (χ0n) is 13.5. The van der Waals surface area contributed by atoms with Crippen LogP contribution in [0.1, 0.15) is 10.5 Å². The summed E-state index contributed by atoms with van der Waals surface area (Å²) in [6, 6.07) is 16.2. The minimum absolute atomic E-state index is 0.0296. The van der Waals surface area contributed by atoms with Crippen LogP contribution in [0.3, 0.4) is 0 Å². The van der Waals surface area contributed by atoms with E-state index in [9.17, 15) is 9.59 Å². The van der Waals surface area contributed by atoms with E-state index in [1.54, 1.807) is 31.4 Å². The first-order valence-corrected chi connectivity index (χ1v) is 7.81. The molecule has 0 unspecified atom stereocenters. The van der Waals surface area contributed by atoms with Crippen molar-refractivity contribution in [1.82, 2.24) is 4.98 Å². The molecule has 1 N–H and O–H groups in total. The van der Waals surface area contributed by atoms with E-state index in [2.05, 4.69) is 10.3 Å². The van der Waals surface area contributed by atoms with Crippen LogP contribution in [-0.2, 0) is 4.79 Å². The standard InChI is InChI=1S/C19H15N3O3/c1-25-13-7-9-14-12(10-13)6-8-16(20-14)19(24)22-11-18(23)21-15-4-2-3-5-17(15)22/h2-10H,11H2,1H3,(H,21,23). The van der Waals surface area contributed by atoms with Gasteiger partial charge in [-0.25, -0.2) is 4.98 Å². The molecule has 124 valence electrons. The third-order valence-corrected chi connectivity index (χ3v) is 4.13. The molecular weight excluding hydrogens is 318 g/mol. The fraction of sp³-hybridized carbons (Fsp3) is 0.105. The number of benzene rings is 2. The van der Waals surface area contributed by atoms with Gasteiger partial charge < -0.3 is 10.1 Å². The van der Waals surface area contributed by atoms with Crippen molar-refractivity contribution in [1.29, 1.82) is 0 Å². The first kappa shape index (κ1) is 15.1. The van der Waals surface area contributed by atoms with E-state index in [1.807, 2.05) is 30.3 Å². The highest BCUT2D eigenvalue weighted by molar-refractivity contribution is 6.14. The van der Waals surface area contributed by atoms with Gasteiger partial charge in [-0.05, 0) is 36.4 Å². The number of hydrogen-bond donors (Lipinski definition) is 1. The van der Waals surface area contributed by atoms with Gasteiger partial charge in [-0.2, -0.15) is 0 Å². The number of para-hydroxylation sites is 2. The normalized spacial score (nSPS) is 13.3. The largest absolute Gasteiger partial charge is 0.497 e. The lowest BCUT2D eigenvalue weighted by molar-refractivity contribution is -0.115. The molecule has 0 aliphatic carbocycles. The predicted octanol–water partition coefficient (Wildman–Crippen LogP) is 2.84. The number of carbonyl (C=O) groups is 2. The molecule has 1 aromatic heterocycles. The van der Waals surface area contributed by atoms with Crippen molar-refractivity contribution in [2.45, 2.75) is 0 Å². The van der Waals surface area contributed by atoms with Crippen molar-refractivity contribution in [3.63, 3.8) is 0 Å². The Kier molecular flexibility index (Phi) is 3.57. The van der Waals surface area contributed by atoms with E-state index >= 15 is 0 Å². The average molecular weight is 333 g/mol. The summed E-state index contributed by atoms with van der Waals surface area (Å²) >= 11 is 0. The number of fused-ring (bicyclic) bond motifs is 2. The van der Waals surface area contributed by atoms with Gasteiger partial charge in [0.1, 0.15) is 18.0 Å². The number of ether oxygens (including phenoxy) is 1. The Morgan fingerprint density at radius 3 is 2.84 bits per heavy atom. The lowest BCUT2D eigenvalue weighted by Crippen LogP contribution is -2.42. The lowest BCUT2D eigenvalue weighted by Gasteiger charge is -2.28. The van der Waals surface area contributed by atoms with Crippen molar-refractivity contribution in [3.8, 4) is 5.75 Å². The molecule has 2 aromatic carbocycles. The van der Waals surface area contributed by atoms with Crippen molar-refractivity contribution < 1.29 is 14.3 Å². The number of methoxy groups -OCH3 is 1. The Morgan fingerprint density at radius 2 is 2.00 bits per heavy atom. The van der Waals surface area contributed by atoms with Crippen LogP contribution in [0.2, 0.25) is 0 Å². The van der Waals surface area contributed by atoms with Crippen LogP contribution in [0.25, 0.3) is 10.9 Å². The number of aromatic nitrogens is 1.